The van der Waals surface area contributed by atoms with Crippen LogP contribution in [0.5, 0.6) is 0 Å². The largest absolute Gasteiger partial charge is 0.456 e. The third kappa shape index (κ3) is 5.17. The molecule has 0 amide bonds. The highest BCUT2D eigenvalue weighted by Gasteiger charge is 2.40. The summed E-state index contributed by atoms with van der Waals surface area (Å²) in [4.78, 5) is 4.88. The molecule has 64 heavy (non-hydrogen) atoms. The van der Waals surface area contributed by atoms with Crippen molar-refractivity contribution in [1.82, 2.24) is 0 Å². The lowest BCUT2D eigenvalue weighted by molar-refractivity contribution is 0.660. The Morgan fingerprint density at radius 2 is 0.844 bits per heavy atom. The van der Waals surface area contributed by atoms with Crippen LogP contribution in [0.25, 0.3) is 66.1 Å². The molecule has 13 rings (SSSR count). The molecule has 0 saturated heterocycles. The fraction of sp³-hybridized carbons (Fsp3) is 0.100. The zero-order valence-electron chi connectivity index (χ0n) is 36.2. The van der Waals surface area contributed by atoms with E-state index in [1.54, 1.807) is 0 Å². The fourth-order valence-corrected chi connectivity index (χ4v) is 11.3. The maximum Gasteiger partial charge on any atom is 0.137 e. The Labute approximate surface area is 372 Å². The lowest BCUT2D eigenvalue weighted by atomic mass is 9.81. The van der Waals surface area contributed by atoms with E-state index in [1.165, 1.54) is 44.5 Å². The van der Waals surface area contributed by atoms with Gasteiger partial charge in [-0.1, -0.05) is 143 Å². The van der Waals surface area contributed by atoms with Crippen LogP contribution < -0.4 is 9.80 Å². The van der Waals surface area contributed by atoms with Gasteiger partial charge >= 0.3 is 0 Å². The molecule has 306 valence electrons. The van der Waals surface area contributed by atoms with Gasteiger partial charge in [0.25, 0.3) is 0 Å². The Bertz CT molecular complexity index is 3710. The molecule has 11 aromatic rings. The predicted octanol–water partition coefficient (Wildman–Crippen LogP) is 17.0. The smallest absolute Gasteiger partial charge is 0.137 e. The second-order valence-electron chi connectivity index (χ2n) is 18.5. The predicted molar refractivity (Wildman–Crippen MR) is 265 cm³/mol. The van der Waals surface area contributed by atoms with E-state index < -0.39 is 0 Å². The highest BCUT2D eigenvalue weighted by atomic mass is 16.3. The van der Waals surface area contributed by atoms with Crippen LogP contribution in [0.15, 0.2) is 203 Å². The van der Waals surface area contributed by atoms with E-state index in [9.17, 15) is 0 Å². The molecule has 0 fully saturated rings. The average Bonchev–Trinajstić information content (AvgIpc) is 4.02. The zero-order chi connectivity index (χ0) is 42.9. The Kier molecular flexibility index (Phi) is 7.67. The van der Waals surface area contributed by atoms with Crippen molar-refractivity contribution in [3.63, 3.8) is 0 Å². The van der Waals surface area contributed by atoms with Crippen LogP contribution in [0, 0.1) is 0 Å². The summed E-state index contributed by atoms with van der Waals surface area (Å²) in [7, 11) is 0. The van der Waals surface area contributed by atoms with Crippen LogP contribution in [-0.2, 0) is 10.8 Å². The zero-order valence-corrected chi connectivity index (χ0v) is 36.2. The first kappa shape index (κ1) is 36.8. The van der Waals surface area contributed by atoms with Gasteiger partial charge in [0.1, 0.15) is 22.3 Å². The first-order valence-corrected chi connectivity index (χ1v) is 22.3. The van der Waals surface area contributed by atoms with Crippen molar-refractivity contribution in [2.75, 3.05) is 9.80 Å². The maximum absolute atomic E-state index is 6.57. The van der Waals surface area contributed by atoms with Gasteiger partial charge in [-0.15, -0.1) is 0 Å². The molecule has 0 atom stereocenters. The Hall–Kier alpha value is -7.82. The first-order valence-electron chi connectivity index (χ1n) is 22.3. The molecule has 0 radical (unpaired) electrons. The molecular weight excluding hydrogens is 781 g/mol. The standard InChI is InChI=1S/C60H44N2O2/c1-59(2)48-23-9-5-18-41(48)43-32-30-39(35-50(43)59)61(40-31-33-45-44-20-7-11-27-53(44)64-56(45)36-40)37-16-13-17-38(34-37)62(51-25-15-29-55-57(51)47-21-8-12-28-54(47)63-55)52-26-14-22-46-42-19-6-10-24-49(42)60(3,4)58(46)52/h5-36H,1-4H3. The molecule has 2 aromatic heterocycles. The van der Waals surface area contributed by atoms with Gasteiger partial charge in [0.05, 0.1) is 16.8 Å². The number of anilines is 6. The quantitative estimate of drug-likeness (QED) is 0.167. The molecule has 4 heteroatoms. The molecule has 0 N–H and O–H groups in total. The van der Waals surface area contributed by atoms with Gasteiger partial charge < -0.3 is 18.6 Å². The van der Waals surface area contributed by atoms with Crippen molar-refractivity contribution in [3.8, 4) is 22.3 Å². The van der Waals surface area contributed by atoms with Gasteiger partial charge in [-0.2, -0.15) is 0 Å². The van der Waals surface area contributed by atoms with Gasteiger partial charge in [-0.05, 0) is 117 Å². The first-order chi connectivity index (χ1) is 31.3. The monoisotopic (exact) mass is 824 g/mol. The molecule has 4 nitrogen and oxygen atoms in total. The van der Waals surface area contributed by atoms with Gasteiger partial charge in [0, 0.05) is 55.8 Å². The summed E-state index contributed by atoms with van der Waals surface area (Å²) in [5.41, 5.74) is 19.9. The molecule has 0 spiro atoms. The Morgan fingerprint density at radius 3 is 1.66 bits per heavy atom. The third-order valence-corrected chi connectivity index (χ3v) is 14.2. The summed E-state index contributed by atoms with van der Waals surface area (Å²) in [6.45, 7) is 9.44. The molecule has 2 aliphatic rings. The van der Waals surface area contributed by atoms with Gasteiger partial charge in [-0.3, -0.25) is 0 Å². The second-order valence-corrected chi connectivity index (χ2v) is 18.5. The molecule has 0 aliphatic heterocycles. The van der Waals surface area contributed by atoms with Gasteiger partial charge in [-0.25, -0.2) is 0 Å². The van der Waals surface area contributed by atoms with E-state index in [-0.39, 0.29) is 10.8 Å². The molecular formula is C60H44N2O2. The summed E-state index contributed by atoms with van der Waals surface area (Å²) < 4.78 is 13.1. The fourth-order valence-electron chi connectivity index (χ4n) is 11.3. The number of hydrogen-bond acceptors (Lipinski definition) is 4. The lowest BCUT2D eigenvalue weighted by Crippen LogP contribution is -2.21. The van der Waals surface area contributed by atoms with Gasteiger partial charge in [0.2, 0.25) is 0 Å². The minimum Gasteiger partial charge on any atom is -0.456 e. The third-order valence-electron chi connectivity index (χ3n) is 14.2. The topological polar surface area (TPSA) is 32.8 Å². The summed E-state index contributed by atoms with van der Waals surface area (Å²) in [5.74, 6) is 0. The van der Waals surface area contributed by atoms with Crippen molar-refractivity contribution in [1.29, 1.82) is 0 Å². The van der Waals surface area contributed by atoms with E-state index >= 15 is 0 Å². The Balaban J connectivity index is 1.06. The maximum atomic E-state index is 6.57. The highest BCUT2D eigenvalue weighted by molar-refractivity contribution is 6.14. The van der Waals surface area contributed by atoms with E-state index in [4.69, 9.17) is 8.83 Å². The van der Waals surface area contributed by atoms with Crippen LogP contribution in [0.3, 0.4) is 0 Å². The highest BCUT2D eigenvalue weighted by Crippen LogP contribution is 2.56. The number of nitrogens with zero attached hydrogens (tertiary/aromatic N) is 2. The molecule has 0 saturated carbocycles. The SMILES string of the molecule is CC1(C)c2ccccc2-c2ccc(N(c3cccc(N(c4cccc5c4C(C)(C)c4ccccc4-5)c4cccc5oc6ccccc6c45)c3)c3ccc4c(c3)oc3ccccc34)cc21. The molecule has 0 unspecified atom stereocenters. The van der Waals surface area contributed by atoms with E-state index in [0.717, 1.165) is 78.0 Å². The minimum atomic E-state index is -0.256. The van der Waals surface area contributed by atoms with Crippen molar-refractivity contribution in [2.45, 2.75) is 38.5 Å². The summed E-state index contributed by atoms with van der Waals surface area (Å²) in [6, 6.07) is 70.4. The van der Waals surface area contributed by atoms with Crippen LogP contribution in [0.1, 0.15) is 49.9 Å². The number of fused-ring (bicyclic) bond motifs is 12. The lowest BCUT2D eigenvalue weighted by Gasteiger charge is -2.33. The number of benzene rings is 9. The molecule has 0 bridgehead atoms. The normalized spacial score (nSPS) is 14.2. The number of hydrogen-bond donors (Lipinski definition) is 0. The van der Waals surface area contributed by atoms with E-state index in [0.29, 0.717) is 0 Å². The van der Waals surface area contributed by atoms with Crippen molar-refractivity contribution in [2.24, 2.45) is 0 Å². The summed E-state index contributed by atoms with van der Waals surface area (Å²) >= 11 is 0. The summed E-state index contributed by atoms with van der Waals surface area (Å²) in [6.07, 6.45) is 0. The number of rotatable bonds is 6. The summed E-state index contributed by atoms with van der Waals surface area (Å²) in [5, 5.41) is 4.40. The van der Waals surface area contributed by atoms with Crippen molar-refractivity contribution < 1.29 is 8.83 Å². The van der Waals surface area contributed by atoms with Crippen LogP contribution in [0.2, 0.25) is 0 Å². The van der Waals surface area contributed by atoms with E-state index in [1.807, 2.05) is 12.1 Å². The average molecular weight is 825 g/mol. The van der Waals surface area contributed by atoms with Crippen LogP contribution in [-0.4, -0.2) is 0 Å². The molecule has 9 aromatic carbocycles. The van der Waals surface area contributed by atoms with Crippen LogP contribution >= 0.6 is 0 Å². The van der Waals surface area contributed by atoms with Gasteiger partial charge in [0.15, 0.2) is 0 Å². The van der Waals surface area contributed by atoms with E-state index in [2.05, 4.69) is 219 Å². The van der Waals surface area contributed by atoms with Crippen LogP contribution in [0.4, 0.5) is 34.1 Å². The molecule has 2 aliphatic carbocycles. The number of furan rings is 2. The van der Waals surface area contributed by atoms with Crippen molar-refractivity contribution >= 4 is 78.0 Å². The minimum absolute atomic E-state index is 0.168. The van der Waals surface area contributed by atoms with Crippen molar-refractivity contribution in [3.05, 3.63) is 216 Å². The second kappa shape index (κ2) is 13.3. The molecule has 2 heterocycles. The Morgan fingerprint density at radius 1 is 0.328 bits per heavy atom. The number of para-hydroxylation sites is 2.